The van der Waals surface area contributed by atoms with Gasteiger partial charge in [0.25, 0.3) is 5.91 Å². The van der Waals surface area contributed by atoms with Crippen molar-refractivity contribution in [2.24, 2.45) is 0 Å². The first kappa shape index (κ1) is 21.3. The van der Waals surface area contributed by atoms with Crippen LogP contribution in [0.3, 0.4) is 0 Å². The molecule has 31 heavy (non-hydrogen) atoms. The average molecular weight is 438 g/mol. The zero-order valence-electron chi connectivity index (χ0n) is 17.9. The molecule has 2 heterocycles. The molecule has 2 aromatic carbocycles. The smallest absolute Gasteiger partial charge is 0.253 e. The highest BCUT2D eigenvalue weighted by Gasteiger charge is 2.18. The van der Waals surface area contributed by atoms with Crippen LogP contribution in [0.15, 0.2) is 53.9 Å². The molecule has 1 aliphatic heterocycles. The van der Waals surface area contributed by atoms with Crippen LogP contribution >= 0.6 is 11.3 Å². The van der Waals surface area contributed by atoms with E-state index in [1.54, 1.807) is 16.2 Å². The number of morpholine rings is 1. The Bertz CT molecular complexity index is 1010. The lowest BCUT2D eigenvalue weighted by molar-refractivity contribution is 0.0785. The third kappa shape index (κ3) is 5.42. The molecule has 0 radical (unpaired) electrons. The first-order chi connectivity index (χ1) is 15.1. The fourth-order valence-electron chi connectivity index (χ4n) is 3.63. The van der Waals surface area contributed by atoms with Crippen LogP contribution in [0, 0.1) is 6.92 Å². The van der Waals surface area contributed by atoms with Crippen molar-refractivity contribution < 1.29 is 14.3 Å². The molecule has 4 rings (SSSR count). The molecule has 0 N–H and O–H groups in total. The number of amides is 1. The average Bonchev–Trinajstić information content (AvgIpc) is 3.23. The predicted octanol–water partition coefficient (Wildman–Crippen LogP) is 4.14. The lowest BCUT2D eigenvalue weighted by atomic mass is 10.1. The molecule has 0 bridgehead atoms. The van der Waals surface area contributed by atoms with Crippen molar-refractivity contribution in [1.29, 1.82) is 0 Å². The van der Waals surface area contributed by atoms with Crippen molar-refractivity contribution >= 4 is 22.9 Å². The van der Waals surface area contributed by atoms with Gasteiger partial charge in [0.1, 0.15) is 12.4 Å². The number of hydrogen-bond donors (Lipinski definition) is 0. The second-order valence-corrected chi connectivity index (χ2v) is 8.62. The predicted molar refractivity (Wildman–Crippen MR) is 123 cm³/mol. The number of benzene rings is 2. The Morgan fingerprint density at radius 2 is 1.90 bits per heavy atom. The van der Waals surface area contributed by atoms with E-state index in [-0.39, 0.29) is 5.91 Å². The minimum absolute atomic E-state index is 0.0153. The van der Waals surface area contributed by atoms with E-state index in [1.807, 2.05) is 55.7 Å². The van der Waals surface area contributed by atoms with E-state index in [1.165, 1.54) is 5.69 Å². The van der Waals surface area contributed by atoms with Gasteiger partial charge in [0.2, 0.25) is 0 Å². The van der Waals surface area contributed by atoms with Crippen LogP contribution in [0.4, 0.5) is 5.69 Å². The molecule has 0 aliphatic carbocycles. The summed E-state index contributed by atoms with van der Waals surface area (Å²) in [6.07, 6.45) is 0. The van der Waals surface area contributed by atoms with Gasteiger partial charge in [-0.15, -0.1) is 11.3 Å². The molecule has 7 heteroatoms. The second-order valence-electron chi connectivity index (χ2n) is 7.56. The van der Waals surface area contributed by atoms with Gasteiger partial charge in [-0.3, -0.25) is 4.79 Å². The van der Waals surface area contributed by atoms with Crippen LogP contribution in [0.1, 0.15) is 26.6 Å². The van der Waals surface area contributed by atoms with E-state index < -0.39 is 0 Å². The number of rotatable bonds is 7. The number of carbonyl (C=O) groups is 1. The molecule has 0 atom stereocenters. The summed E-state index contributed by atoms with van der Waals surface area (Å²) in [6.45, 7) is 6.17. The van der Waals surface area contributed by atoms with Gasteiger partial charge in [0.15, 0.2) is 0 Å². The number of aryl methyl sites for hydroxylation is 1. The van der Waals surface area contributed by atoms with Gasteiger partial charge in [-0.05, 0) is 42.8 Å². The van der Waals surface area contributed by atoms with Crippen LogP contribution in [-0.4, -0.2) is 49.1 Å². The van der Waals surface area contributed by atoms with E-state index in [4.69, 9.17) is 9.47 Å². The first-order valence-corrected chi connectivity index (χ1v) is 11.3. The normalized spacial score (nSPS) is 13.8. The number of anilines is 1. The Morgan fingerprint density at radius 3 is 2.61 bits per heavy atom. The van der Waals surface area contributed by atoms with Crippen LogP contribution in [-0.2, 0) is 17.9 Å². The van der Waals surface area contributed by atoms with Gasteiger partial charge < -0.3 is 19.3 Å². The van der Waals surface area contributed by atoms with Crippen molar-refractivity contribution in [3.8, 4) is 5.75 Å². The van der Waals surface area contributed by atoms with Gasteiger partial charge >= 0.3 is 0 Å². The molecule has 3 aromatic rings. The Morgan fingerprint density at radius 1 is 1.16 bits per heavy atom. The van der Waals surface area contributed by atoms with Crippen LogP contribution in [0.25, 0.3) is 0 Å². The maximum Gasteiger partial charge on any atom is 0.253 e. The standard InChI is InChI=1S/C24H27N3O3S/c1-18-25-21(17-31-18)16-30-22-9-7-19(8-10-22)24(28)26(2)15-20-5-3-4-6-23(20)27-11-13-29-14-12-27/h3-10,17H,11-16H2,1-2H3. The topological polar surface area (TPSA) is 54.9 Å². The van der Waals surface area contributed by atoms with E-state index >= 15 is 0 Å². The van der Waals surface area contributed by atoms with Crippen LogP contribution < -0.4 is 9.64 Å². The zero-order valence-corrected chi connectivity index (χ0v) is 18.7. The van der Waals surface area contributed by atoms with E-state index in [9.17, 15) is 4.79 Å². The summed E-state index contributed by atoms with van der Waals surface area (Å²) in [5, 5.41) is 3.02. The SMILES string of the molecule is Cc1nc(COc2ccc(C(=O)N(C)Cc3ccccc3N3CCOCC3)cc2)cs1. The van der Waals surface area contributed by atoms with E-state index in [0.29, 0.717) is 18.7 Å². The number of hydrogen-bond acceptors (Lipinski definition) is 6. The zero-order chi connectivity index (χ0) is 21.6. The third-order valence-corrected chi connectivity index (χ3v) is 6.07. The molecule has 0 unspecified atom stereocenters. The van der Waals surface area contributed by atoms with Crippen molar-refractivity contribution in [2.75, 3.05) is 38.3 Å². The summed E-state index contributed by atoms with van der Waals surface area (Å²) in [5.41, 5.74) is 3.87. The van der Waals surface area contributed by atoms with Gasteiger partial charge in [0.05, 0.1) is 23.9 Å². The van der Waals surface area contributed by atoms with Crippen molar-refractivity contribution in [3.05, 3.63) is 75.7 Å². The summed E-state index contributed by atoms with van der Waals surface area (Å²) in [6, 6.07) is 15.6. The summed E-state index contributed by atoms with van der Waals surface area (Å²) in [7, 11) is 1.84. The molecular weight excluding hydrogens is 410 g/mol. The second kappa shape index (κ2) is 9.94. The molecule has 1 aliphatic rings. The molecule has 6 nitrogen and oxygen atoms in total. The summed E-state index contributed by atoms with van der Waals surface area (Å²) in [5.74, 6) is 0.709. The quantitative estimate of drug-likeness (QED) is 0.556. The van der Waals surface area contributed by atoms with Gasteiger partial charge in [-0.2, -0.15) is 0 Å². The molecule has 1 saturated heterocycles. The Kier molecular flexibility index (Phi) is 6.84. The largest absolute Gasteiger partial charge is 0.487 e. The van der Waals surface area contributed by atoms with Gasteiger partial charge in [-0.1, -0.05) is 18.2 Å². The van der Waals surface area contributed by atoms with E-state index in [2.05, 4.69) is 22.0 Å². The molecule has 1 aromatic heterocycles. The van der Waals surface area contributed by atoms with Crippen molar-refractivity contribution in [3.63, 3.8) is 0 Å². The highest BCUT2D eigenvalue weighted by molar-refractivity contribution is 7.09. The number of carbonyl (C=O) groups excluding carboxylic acids is 1. The Balaban J connectivity index is 1.38. The van der Waals surface area contributed by atoms with Gasteiger partial charge in [-0.25, -0.2) is 4.98 Å². The minimum atomic E-state index is -0.0153. The van der Waals surface area contributed by atoms with Crippen molar-refractivity contribution in [2.45, 2.75) is 20.1 Å². The fourth-order valence-corrected chi connectivity index (χ4v) is 4.23. The maximum absolute atomic E-state index is 13.0. The summed E-state index contributed by atoms with van der Waals surface area (Å²) < 4.78 is 11.3. The number of aromatic nitrogens is 1. The highest BCUT2D eigenvalue weighted by atomic mass is 32.1. The highest BCUT2D eigenvalue weighted by Crippen LogP contribution is 2.23. The van der Waals surface area contributed by atoms with Crippen LogP contribution in [0.5, 0.6) is 5.75 Å². The van der Waals surface area contributed by atoms with E-state index in [0.717, 1.165) is 48.3 Å². The summed E-state index contributed by atoms with van der Waals surface area (Å²) in [4.78, 5) is 21.5. The first-order valence-electron chi connectivity index (χ1n) is 10.4. The Labute approximate surface area is 187 Å². The molecule has 162 valence electrons. The minimum Gasteiger partial charge on any atom is -0.487 e. The lowest BCUT2D eigenvalue weighted by Crippen LogP contribution is -2.37. The Hall–Kier alpha value is -2.90. The monoisotopic (exact) mass is 437 g/mol. The molecule has 0 saturated carbocycles. The number of thiazole rings is 1. The maximum atomic E-state index is 13.0. The number of ether oxygens (including phenoxy) is 2. The van der Waals surface area contributed by atoms with Crippen molar-refractivity contribution in [1.82, 2.24) is 9.88 Å². The fraction of sp³-hybridized carbons (Fsp3) is 0.333. The van der Waals surface area contributed by atoms with Crippen LogP contribution in [0.2, 0.25) is 0 Å². The van der Waals surface area contributed by atoms with Gasteiger partial charge in [0, 0.05) is 43.3 Å². The number of nitrogens with zero attached hydrogens (tertiary/aromatic N) is 3. The third-order valence-electron chi connectivity index (χ3n) is 5.25. The number of para-hydroxylation sites is 1. The summed E-state index contributed by atoms with van der Waals surface area (Å²) >= 11 is 1.61. The molecular formula is C24H27N3O3S. The molecule has 1 amide bonds. The lowest BCUT2D eigenvalue weighted by Gasteiger charge is -2.31. The molecule has 0 spiro atoms. The molecule has 1 fully saturated rings.